The number of carbonyl (C=O) groups is 1. The molecule has 2 aromatic carbocycles. The van der Waals surface area contributed by atoms with Crippen molar-refractivity contribution in [2.45, 2.75) is 48.8 Å². The molecule has 0 bridgehead atoms. The molecule has 3 atom stereocenters. The molecule has 1 N–H and O–H groups in total. The van der Waals surface area contributed by atoms with Crippen LogP contribution >= 0.6 is 11.8 Å². The lowest BCUT2D eigenvalue weighted by molar-refractivity contribution is -0.126. The second-order valence-electron chi connectivity index (χ2n) is 6.79. The van der Waals surface area contributed by atoms with Gasteiger partial charge in [-0.3, -0.25) is 9.69 Å². The van der Waals surface area contributed by atoms with Crippen molar-refractivity contribution in [3.8, 4) is 0 Å². The molecule has 0 radical (unpaired) electrons. The van der Waals surface area contributed by atoms with Crippen molar-refractivity contribution in [3.63, 3.8) is 0 Å². The van der Waals surface area contributed by atoms with E-state index in [0.717, 1.165) is 28.6 Å². The molecular weight excluding hydrogens is 344 g/mol. The number of hydrogen-bond donors (Lipinski definition) is 1. The van der Waals surface area contributed by atoms with E-state index in [1.54, 1.807) is 11.8 Å². The van der Waals surface area contributed by atoms with Crippen LogP contribution in [0.2, 0.25) is 0 Å². The highest BCUT2D eigenvalue weighted by Crippen LogP contribution is 2.33. The molecule has 3 rings (SSSR count). The number of nitrogens with zero attached hydrogens (tertiary/aromatic N) is 1. The number of ether oxygens (including phenoxy) is 1. The minimum atomic E-state index is -0.196. The zero-order valence-electron chi connectivity index (χ0n) is 15.5. The average molecular weight is 371 g/mol. The Morgan fingerprint density at radius 2 is 1.69 bits per heavy atom. The third-order valence-electron chi connectivity index (χ3n) is 4.49. The first kappa shape index (κ1) is 19.0. The van der Waals surface area contributed by atoms with Gasteiger partial charge in [-0.15, -0.1) is 0 Å². The normalized spacial score (nSPS) is 22.0. The summed E-state index contributed by atoms with van der Waals surface area (Å²) in [5.41, 5.74) is 0.854. The summed E-state index contributed by atoms with van der Waals surface area (Å²) in [5.74, 6) is 0.0208. The van der Waals surface area contributed by atoms with E-state index in [-0.39, 0.29) is 24.2 Å². The maximum absolute atomic E-state index is 12.8. The molecule has 2 aromatic rings. The van der Waals surface area contributed by atoms with Gasteiger partial charge in [-0.05, 0) is 45.0 Å². The summed E-state index contributed by atoms with van der Waals surface area (Å²) >= 11 is 1.66. The predicted octanol–water partition coefficient (Wildman–Crippen LogP) is 4.27. The van der Waals surface area contributed by atoms with Gasteiger partial charge in [-0.1, -0.05) is 42.1 Å². The monoisotopic (exact) mass is 370 g/mol. The maximum atomic E-state index is 12.8. The van der Waals surface area contributed by atoms with Crippen molar-refractivity contribution in [3.05, 3.63) is 54.6 Å². The van der Waals surface area contributed by atoms with Crippen molar-refractivity contribution in [1.29, 1.82) is 0 Å². The molecule has 0 aliphatic carbocycles. The quantitative estimate of drug-likeness (QED) is 0.853. The van der Waals surface area contributed by atoms with Crippen molar-refractivity contribution in [1.82, 2.24) is 4.90 Å². The van der Waals surface area contributed by atoms with E-state index < -0.39 is 0 Å². The second-order valence-corrected chi connectivity index (χ2v) is 7.90. The van der Waals surface area contributed by atoms with Gasteiger partial charge < -0.3 is 10.1 Å². The molecule has 1 amide bonds. The number of morpholine rings is 1. The first-order chi connectivity index (χ1) is 12.5. The third kappa shape index (κ3) is 4.87. The minimum Gasteiger partial charge on any atom is -0.373 e. The molecule has 26 heavy (non-hydrogen) atoms. The standard InChI is InChI=1S/C21H26N2O2S/c1-15-13-23(14-16(2)25-15)17(3)21(24)22-19-11-7-8-12-20(19)26-18-9-5-4-6-10-18/h4-12,15-17H,13-14H2,1-3H3,(H,22,24)/t15-,16+,17-/m0/s1. The van der Waals surface area contributed by atoms with Crippen molar-refractivity contribution >= 4 is 23.4 Å². The first-order valence-electron chi connectivity index (χ1n) is 9.05. The highest BCUT2D eigenvalue weighted by atomic mass is 32.2. The van der Waals surface area contributed by atoms with Crippen LogP contribution in [-0.4, -0.2) is 42.1 Å². The van der Waals surface area contributed by atoms with Crippen molar-refractivity contribution < 1.29 is 9.53 Å². The SMILES string of the molecule is C[C@@H]1CN([C@@H](C)C(=O)Nc2ccccc2Sc2ccccc2)C[C@H](C)O1. The van der Waals surface area contributed by atoms with E-state index >= 15 is 0 Å². The predicted molar refractivity (Wildman–Crippen MR) is 107 cm³/mol. The van der Waals surface area contributed by atoms with E-state index in [2.05, 4.69) is 36.2 Å². The summed E-state index contributed by atoms with van der Waals surface area (Å²) in [7, 11) is 0. The smallest absolute Gasteiger partial charge is 0.241 e. The third-order valence-corrected chi connectivity index (χ3v) is 5.57. The van der Waals surface area contributed by atoms with E-state index in [1.165, 1.54) is 0 Å². The Balaban J connectivity index is 1.69. The average Bonchev–Trinajstić information content (AvgIpc) is 2.62. The van der Waals surface area contributed by atoms with Gasteiger partial charge in [0.15, 0.2) is 0 Å². The molecular formula is C21H26N2O2S. The van der Waals surface area contributed by atoms with E-state index in [4.69, 9.17) is 4.74 Å². The van der Waals surface area contributed by atoms with Gasteiger partial charge in [0.2, 0.25) is 5.91 Å². The molecule has 1 fully saturated rings. The number of hydrogen-bond acceptors (Lipinski definition) is 4. The van der Waals surface area contributed by atoms with Crippen LogP contribution in [0.15, 0.2) is 64.4 Å². The Labute approximate surface area is 159 Å². The molecule has 1 aliphatic heterocycles. The molecule has 0 unspecified atom stereocenters. The number of para-hydroxylation sites is 1. The zero-order valence-corrected chi connectivity index (χ0v) is 16.3. The van der Waals surface area contributed by atoms with Crippen LogP contribution in [0.3, 0.4) is 0 Å². The molecule has 0 saturated carbocycles. The molecule has 0 aromatic heterocycles. The van der Waals surface area contributed by atoms with Gasteiger partial charge in [0.05, 0.1) is 23.9 Å². The summed E-state index contributed by atoms with van der Waals surface area (Å²) in [6.07, 6.45) is 0.296. The van der Waals surface area contributed by atoms with Gasteiger partial charge in [0.1, 0.15) is 0 Å². The molecule has 1 aliphatic rings. The number of amides is 1. The minimum absolute atomic E-state index is 0.0208. The molecule has 0 spiro atoms. The van der Waals surface area contributed by atoms with Gasteiger partial charge >= 0.3 is 0 Å². The number of nitrogens with one attached hydrogen (secondary N) is 1. The number of rotatable bonds is 5. The van der Waals surface area contributed by atoms with Crippen LogP contribution in [0, 0.1) is 0 Å². The molecule has 4 nitrogen and oxygen atoms in total. The Kier molecular flexibility index (Phi) is 6.35. The Morgan fingerprint density at radius 3 is 2.38 bits per heavy atom. The lowest BCUT2D eigenvalue weighted by atomic mass is 10.1. The van der Waals surface area contributed by atoms with Crippen molar-refractivity contribution in [2.24, 2.45) is 0 Å². The van der Waals surface area contributed by atoms with Gasteiger partial charge in [-0.25, -0.2) is 0 Å². The molecule has 1 saturated heterocycles. The van der Waals surface area contributed by atoms with Gasteiger partial charge in [0.25, 0.3) is 0 Å². The summed E-state index contributed by atoms with van der Waals surface area (Å²) in [4.78, 5) is 17.2. The van der Waals surface area contributed by atoms with Crippen LogP contribution in [0.25, 0.3) is 0 Å². The van der Waals surface area contributed by atoms with Crippen LogP contribution in [0.4, 0.5) is 5.69 Å². The number of carbonyl (C=O) groups excluding carboxylic acids is 1. The summed E-state index contributed by atoms with van der Waals surface area (Å²) in [6, 6.07) is 17.9. The fraction of sp³-hybridized carbons (Fsp3) is 0.381. The number of benzene rings is 2. The van der Waals surface area contributed by atoms with E-state index in [0.29, 0.717) is 0 Å². The van der Waals surface area contributed by atoms with E-state index in [1.807, 2.05) is 49.4 Å². The highest BCUT2D eigenvalue weighted by Gasteiger charge is 2.29. The van der Waals surface area contributed by atoms with Gasteiger partial charge in [-0.2, -0.15) is 0 Å². The fourth-order valence-electron chi connectivity index (χ4n) is 3.21. The molecule has 5 heteroatoms. The number of anilines is 1. The Bertz CT molecular complexity index is 728. The Hall–Kier alpha value is -1.82. The highest BCUT2D eigenvalue weighted by molar-refractivity contribution is 7.99. The second kappa shape index (κ2) is 8.71. The van der Waals surface area contributed by atoms with Crippen LogP contribution in [-0.2, 0) is 9.53 Å². The molecule has 138 valence electrons. The fourth-order valence-corrected chi connectivity index (χ4v) is 4.13. The van der Waals surface area contributed by atoms with Gasteiger partial charge in [0, 0.05) is 22.9 Å². The summed E-state index contributed by atoms with van der Waals surface area (Å²) in [6.45, 7) is 7.63. The zero-order chi connectivity index (χ0) is 18.5. The molecule has 1 heterocycles. The summed E-state index contributed by atoms with van der Waals surface area (Å²) in [5, 5.41) is 3.12. The lowest BCUT2D eigenvalue weighted by Crippen LogP contribution is -2.52. The maximum Gasteiger partial charge on any atom is 0.241 e. The van der Waals surface area contributed by atoms with Crippen LogP contribution in [0.5, 0.6) is 0 Å². The van der Waals surface area contributed by atoms with Crippen LogP contribution in [0.1, 0.15) is 20.8 Å². The Morgan fingerprint density at radius 1 is 1.08 bits per heavy atom. The lowest BCUT2D eigenvalue weighted by Gasteiger charge is -2.38. The van der Waals surface area contributed by atoms with Crippen LogP contribution < -0.4 is 5.32 Å². The first-order valence-corrected chi connectivity index (χ1v) is 9.87. The summed E-state index contributed by atoms with van der Waals surface area (Å²) < 4.78 is 5.77. The van der Waals surface area contributed by atoms with E-state index in [9.17, 15) is 4.79 Å². The van der Waals surface area contributed by atoms with Crippen molar-refractivity contribution in [2.75, 3.05) is 18.4 Å². The topological polar surface area (TPSA) is 41.6 Å². The largest absolute Gasteiger partial charge is 0.373 e.